The lowest BCUT2D eigenvalue weighted by Gasteiger charge is -2.12. The largest absolute Gasteiger partial charge is 0.455 e. The molecule has 0 spiro atoms. The molecule has 0 amide bonds. The molecule has 1 heterocycles. The van der Waals surface area contributed by atoms with Gasteiger partial charge >= 0.3 is 6.18 Å². The highest BCUT2D eigenvalue weighted by Gasteiger charge is 2.43. The van der Waals surface area contributed by atoms with Gasteiger partial charge in [0.1, 0.15) is 0 Å². The number of Topliss-reactive ketones (excluding diaryl/α,β-unsaturated/α-hetero) is 1. The van der Waals surface area contributed by atoms with Gasteiger partial charge in [-0.15, -0.1) is 0 Å². The Morgan fingerprint density at radius 3 is 2.33 bits per heavy atom. The lowest BCUT2D eigenvalue weighted by Crippen LogP contribution is -2.25. The van der Waals surface area contributed by atoms with Crippen molar-refractivity contribution in [3.05, 3.63) is 17.0 Å². The van der Waals surface area contributed by atoms with Crippen LogP contribution in [0.5, 0.6) is 0 Å². The highest BCUT2D eigenvalue weighted by molar-refractivity contribution is 6.02. The summed E-state index contributed by atoms with van der Waals surface area (Å²) < 4.78 is 40.0. The third kappa shape index (κ3) is 3.30. The monoisotopic (exact) mass is 302 g/mol. The number of carbonyl (C=O) groups is 1. The number of alkyl halides is 3. The number of nitrogens with zero attached hydrogens (tertiary/aromatic N) is 2. The Hall–Kier alpha value is -1.33. The summed E-state index contributed by atoms with van der Waals surface area (Å²) in [6.45, 7) is 4.13. The molecule has 6 heteroatoms. The maximum Gasteiger partial charge on any atom is 0.455 e. The number of hydrogen-bond donors (Lipinski definition) is 0. The van der Waals surface area contributed by atoms with Crippen molar-refractivity contribution in [3.63, 3.8) is 0 Å². The number of rotatable bonds is 5. The maximum absolute atomic E-state index is 12.8. The first-order valence-electron chi connectivity index (χ1n) is 7.58. The van der Waals surface area contributed by atoms with E-state index in [2.05, 4.69) is 5.10 Å². The van der Waals surface area contributed by atoms with Crippen LogP contribution in [-0.4, -0.2) is 21.7 Å². The van der Waals surface area contributed by atoms with Gasteiger partial charge in [-0.3, -0.25) is 9.48 Å². The molecule has 1 aromatic heterocycles. The molecule has 2 rings (SSSR count). The van der Waals surface area contributed by atoms with Crippen LogP contribution < -0.4 is 0 Å². The van der Waals surface area contributed by atoms with Crippen molar-refractivity contribution in [2.75, 3.05) is 0 Å². The van der Waals surface area contributed by atoms with Crippen LogP contribution in [-0.2, 0) is 19.4 Å². The minimum absolute atomic E-state index is 0.217. The van der Waals surface area contributed by atoms with Gasteiger partial charge in [0.05, 0.1) is 11.3 Å². The Morgan fingerprint density at radius 1 is 1.24 bits per heavy atom. The predicted molar refractivity (Wildman–Crippen MR) is 73.3 cm³/mol. The number of ketones is 1. The molecule has 1 aromatic rings. The lowest BCUT2D eigenvalue weighted by atomic mass is 10.0. The second-order valence-corrected chi connectivity index (χ2v) is 5.63. The van der Waals surface area contributed by atoms with Crippen LogP contribution in [0.2, 0.25) is 0 Å². The van der Waals surface area contributed by atoms with Gasteiger partial charge in [-0.05, 0) is 31.6 Å². The van der Waals surface area contributed by atoms with E-state index in [0.717, 1.165) is 12.8 Å². The minimum atomic E-state index is -4.84. The summed E-state index contributed by atoms with van der Waals surface area (Å²) in [5.41, 5.74) is 0.485. The van der Waals surface area contributed by atoms with Crippen LogP contribution in [0.25, 0.3) is 0 Å². The molecular weight excluding hydrogens is 281 g/mol. The minimum Gasteiger partial charge on any atom is -0.284 e. The standard InChI is InChI=1S/C15H21F3N2O/c1-3-11-13(14(21)15(16,17)18)12(4-2)20(19-11)9-10-7-5-6-8-10/h10H,3-9H2,1-2H3. The lowest BCUT2D eigenvalue weighted by molar-refractivity contribution is -0.0886. The van der Waals surface area contributed by atoms with Gasteiger partial charge in [-0.2, -0.15) is 18.3 Å². The molecule has 1 aliphatic carbocycles. The van der Waals surface area contributed by atoms with Gasteiger partial charge in [0.15, 0.2) is 0 Å². The molecule has 3 nitrogen and oxygen atoms in total. The second-order valence-electron chi connectivity index (χ2n) is 5.63. The molecule has 0 radical (unpaired) electrons. The van der Waals surface area contributed by atoms with E-state index in [0.29, 0.717) is 31.0 Å². The molecular formula is C15H21F3N2O. The number of aromatic nitrogens is 2. The van der Waals surface area contributed by atoms with Gasteiger partial charge in [-0.25, -0.2) is 0 Å². The van der Waals surface area contributed by atoms with Gasteiger partial charge in [0, 0.05) is 12.2 Å². The summed E-state index contributed by atoms with van der Waals surface area (Å²) in [5, 5.41) is 4.29. The highest BCUT2D eigenvalue weighted by atomic mass is 19.4. The first-order valence-corrected chi connectivity index (χ1v) is 7.58. The van der Waals surface area contributed by atoms with Crippen LogP contribution >= 0.6 is 0 Å². The van der Waals surface area contributed by atoms with Crippen molar-refractivity contribution >= 4 is 5.78 Å². The van der Waals surface area contributed by atoms with Crippen LogP contribution in [0.1, 0.15) is 61.3 Å². The summed E-state index contributed by atoms with van der Waals surface area (Å²) in [6.07, 6.45) is 0.401. The van der Waals surface area contributed by atoms with Crippen molar-refractivity contribution in [1.29, 1.82) is 0 Å². The average molecular weight is 302 g/mol. The smallest absolute Gasteiger partial charge is 0.284 e. The van der Waals surface area contributed by atoms with E-state index in [1.54, 1.807) is 18.5 Å². The first-order chi connectivity index (χ1) is 9.88. The van der Waals surface area contributed by atoms with E-state index >= 15 is 0 Å². The Morgan fingerprint density at radius 2 is 1.86 bits per heavy atom. The molecule has 0 aliphatic heterocycles. The predicted octanol–water partition coefficient (Wildman–Crippen LogP) is 3.94. The van der Waals surface area contributed by atoms with E-state index in [-0.39, 0.29) is 11.3 Å². The Labute approximate surface area is 122 Å². The molecule has 0 unspecified atom stereocenters. The third-order valence-electron chi connectivity index (χ3n) is 4.19. The molecule has 1 aliphatic rings. The van der Waals surface area contributed by atoms with E-state index in [9.17, 15) is 18.0 Å². The zero-order valence-corrected chi connectivity index (χ0v) is 12.5. The second kappa shape index (κ2) is 6.20. The molecule has 0 aromatic carbocycles. The van der Waals surface area contributed by atoms with Gasteiger partial charge in [-0.1, -0.05) is 26.7 Å². The Bertz CT molecular complexity index is 514. The van der Waals surface area contributed by atoms with Crippen LogP contribution in [0.15, 0.2) is 0 Å². The number of halogens is 3. The number of aryl methyl sites for hydroxylation is 1. The van der Waals surface area contributed by atoms with Gasteiger partial charge < -0.3 is 0 Å². The molecule has 0 N–H and O–H groups in total. The summed E-state index contributed by atoms with van der Waals surface area (Å²) >= 11 is 0. The van der Waals surface area contributed by atoms with Crippen molar-refractivity contribution in [1.82, 2.24) is 9.78 Å². The average Bonchev–Trinajstić information content (AvgIpc) is 3.04. The summed E-state index contributed by atoms with van der Waals surface area (Å²) in [5.74, 6) is -1.29. The molecule has 0 bridgehead atoms. The van der Waals surface area contributed by atoms with E-state index in [1.807, 2.05) is 0 Å². The van der Waals surface area contributed by atoms with E-state index in [4.69, 9.17) is 0 Å². The van der Waals surface area contributed by atoms with Crippen molar-refractivity contribution < 1.29 is 18.0 Å². The van der Waals surface area contributed by atoms with Gasteiger partial charge in [0.2, 0.25) is 0 Å². The molecule has 0 saturated heterocycles. The summed E-state index contributed by atoms with van der Waals surface area (Å²) in [6, 6.07) is 0. The van der Waals surface area contributed by atoms with Crippen LogP contribution in [0.4, 0.5) is 13.2 Å². The van der Waals surface area contributed by atoms with Crippen molar-refractivity contribution in [3.8, 4) is 0 Å². The van der Waals surface area contributed by atoms with Crippen molar-refractivity contribution in [2.45, 2.75) is 65.1 Å². The maximum atomic E-state index is 12.8. The summed E-state index contributed by atoms with van der Waals surface area (Å²) in [4.78, 5) is 11.7. The van der Waals surface area contributed by atoms with Crippen LogP contribution in [0, 0.1) is 5.92 Å². The number of hydrogen-bond acceptors (Lipinski definition) is 2. The molecule has 118 valence electrons. The van der Waals surface area contributed by atoms with Crippen molar-refractivity contribution in [2.24, 2.45) is 5.92 Å². The SMILES string of the molecule is CCc1nn(CC2CCCC2)c(CC)c1C(=O)C(F)(F)F. The van der Waals surface area contributed by atoms with E-state index < -0.39 is 12.0 Å². The third-order valence-corrected chi connectivity index (χ3v) is 4.19. The fraction of sp³-hybridized carbons (Fsp3) is 0.733. The fourth-order valence-electron chi connectivity index (χ4n) is 3.15. The summed E-state index contributed by atoms with van der Waals surface area (Å²) in [7, 11) is 0. The zero-order chi connectivity index (χ0) is 15.6. The Kier molecular flexibility index (Phi) is 4.74. The normalized spacial score (nSPS) is 16.6. The quantitative estimate of drug-likeness (QED) is 0.772. The molecule has 1 saturated carbocycles. The highest BCUT2D eigenvalue weighted by Crippen LogP contribution is 2.30. The van der Waals surface area contributed by atoms with Crippen LogP contribution in [0.3, 0.4) is 0 Å². The molecule has 0 atom stereocenters. The first kappa shape index (κ1) is 16.0. The van der Waals surface area contributed by atoms with E-state index in [1.165, 1.54) is 12.8 Å². The van der Waals surface area contributed by atoms with Gasteiger partial charge in [0.25, 0.3) is 5.78 Å². The number of carbonyl (C=O) groups excluding carboxylic acids is 1. The molecule has 1 fully saturated rings. The molecule has 21 heavy (non-hydrogen) atoms. The Balaban J connectivity index is 2.38. The topological polar surface area (TPSA) is 34.9 Å². The zero-order valence-electron chi connectivity index (χ0n) is 12.5. The fourth-order valence-corrected chi connectivity index (χ4v) is 3.15.